The lowest BCUT2D eigenvalue weighted by Gasteiger charge is -2.32. The molecule has 1 aliphatic heterocycles. The van der Waals surface area contributed by atoms with Crippen molar-refractivity contribution in [1.82, 2.24) is 10.2 Å². The second-order valence-electron chi connectivity index (χ2n) is 5.78. The van der Waals surface area contributed by atoms with Crippen LogP contribution in [0.4, 0.5) is 4.79 Å². The number of hydrogen-bond donors (Lipinski definition) is 1. The molecule has 1 aromatic carbocycles. The summed E-state index contributed by atoms with van der Waals surface area (Å²) in [6.07, 6.45) is 2.48. The summed E-state index contributed by atoms with van der Waals surface area (Å²) in [4.78, 5) is 25.3. The van der Waals surface area contributed by atoms with Crippen LogP contribution >= 0.6 is 0 Å². The first kappa shape index (κ1) is 16.3. The maximum absolute atomic E-state index is 12.2. The number of benzene rings is 1. The first-order valence-corrected chi connectivity index (χ1v) is 7.76. The number of carbonyl (C=O) groups excluding carboxylic acids is 2. The number of amides is 2. The number of likely N-dealkylation sites (tertiary alicyclic amines) is 1. The summed E-state index contributed by atoms with van der Waals surface area (Å²) in [5, 5.41) is 2.79. The van der Waals surface area contributed by atoms with Crippen LogP contribution < -0.4 is 5.32 Å². The van der Waals surface area contributed by atoms with E-state index in [0.717, 1.165) is 19.3 Å². The van der Waals surface area contributed by atoms with E-state index in [9.17, 15) is 9.59 Å². The van der Waals surface area contributed by atoms with E-state index >= 15 is 0 Å². The predicted octanol–water partition coefficient (Wildman–Crippen LogP) is 2.27. The Morgan fingerprint density at radius 2 is 1.86 bits per heavy atom. The molecule has 0 unspecified atom stereocenters. The molecule has 5 nitrogen and oxygen atoms in total. The maximum Gasteiger partial charge on any atom is 0.407 e. The van der Waals surface area contributed by atoms with Gasteiger partial charge in [0.1, 0.15) is 0 Å². The number of methoxy groups -OCH3 is 1. The molecule has 0 aromatic heterocycles. The van der Waals surface area contributed by atoms with Gasteiger partial charge in [0.25, 0.3) is 0 Å². The summed E-state index contributed by atoms with van der Waals surface area (Å²) < 4.78 is 4.59. The lowest BCUT2D eigenvalue weighted by molar-refractivity contribution is -0.132. The molecule has 1 heterocycles. The van der Waals surface area contributed by atoms with Gasteiger partial charge in [-0.15, -0.1) is 0 Å². The van der Waals surface area contributed by atoms with Crippen molar-refractivity contribution in [1.29, 1.82) is 0 Å². The van der Waals surface area contributed by atoms with Crippen molar-refractivity contribution < 1.29 is 14.3 Å². The second kappa shape index (κ2) is 7.82. The van der Waals surface area contributed by atoms with Crippen molar-refractivity contribution in [2.75, 3.05) is 20.2 Å². The van der Waals surface area contributed by atoms with Gasteiger partial charge in [0, 0.05) is 25.6 Å². The highest BCUT2D eigenvalue weighted by Crippen LogP contribution is 2.13. The number of aryl methyl sites for hydroxylation is 2. The van der Waals surface area contributed by atoms with Crippen LogP contribution in [0.2, 0.25) is 0 Å². The van der Waals surface area contributed by atoms with Crippen LogP contribution in [-0.4, -0.2) is 43.1 Å². The average Bonchev–Trinajstić information content (AvgIpc) is 2.54. The van der Waals surface area contributed by atoms with Crippen molar-refractivity contribution in [3.05, 3.63) is 35.4 Å². The number of rotatable bonds is 4. The molecule has 1 aromatic rings. The molecule has 1 aliphatic rings. The fraction of sp³-hybridized carbons (Fsp3) is 0.529. The van der Waals surface area contributed by atoms with Gasteiger partial charge in [-0.25, -0.2) is 4.79 Å². The molecule has 2 rings (SSSR count). The summed E-state index contributed by atoms with van der Waals surface area (Å²) >= 11 is 0. The van der Waals surface area contributed by atoms with E-state index in [0.29, 0.717) is 19.5 Å². The minimum Gasteiger partial charge on any atom is -0.453 e. The van der Waals surface area contributed by atoms with Gasteiger partial charge in [-0.05, 0) is 31.7 Å². The normalized spacial score (nSPS) is 15.5. The molecule has 0 saturated carbocycles. The van der Waals surface area contributed by atoms with Crippen molar-refractivity contribution in [3.63, 3.8) is 0 Å². The Kier molecular flexibility index (Phi) is 5.81. The van der Waals surface area contributed by atoms with Gasteiger partial charge in [0.15, 0.2) is 0 Å². The lowest BCUT2D eigenvalue weighted by Crippen LogP contribution is -2.46. The summed E-state index contributed by atoms with van der Waals surface area (Å²) in [6, 6.07) is 8.41. The number of hydrogen-bond acceptors (Lipinski definition) is 3. The van der Waals surface area contributed by atoms with E-state index < -0.39 is 6.09 Å². The third-order valence-corrected chi connectivity index (χ3v) is 4.10. The lowest BCUT2D eigenvalue weighted by atomic mass is 10.0. The highest BCUT2D eigenvalue weighted by molar-refractivity contribution is 5.76. The Morgan fingerprint density at radius 1 is 1.23 bits per heavy atom. The quantitative estimate of drug-likeness (QED) is 0.928. The van der Waals surface area contributed by atoms with Gasteiger partial charge >= 0.3 is 6.09 Å². The third kappa shape index (κ3) is 4.76. The molecule has 0 spiro atoms. The van der Waals surface area contributed by atoms with Crippen molar-refractivity contribution in [2.24, 2.45) is 0 Å². The number of piperidine rings is 1. The first-order valence-electron chi connectivity index (χ1n) is 7.76. The molecule has 0 radical (unpaired) electrons. The SMILES string of the molecule is COC(=O)NC1CCN(C(=O)CCc2ccc(C)cc2)CC1. The molecule has 5 heteroatoms. The Balaban J connectivity index is 1.73. The van der Waals surface area contributed by atoms with Crippen molar-refractivity contribution >= 4 is 12.0 Å². The Labute approximate surface area is 131 Å². The number of nitrogens with zero attached hydrogens (tertiary/aromatic N) is 1. The van der Waals surface area contributed by atoms with Crippen LogP contribution in [0.1, 0.15) is 30.4 Å². The minimum absolute atomic E-state index is 0.105. The van der Waals surface area contributed by atoms with E-state index in [-0.39, 0.29) is 11.9 Å². The maximum atomic E-state index is 12.2. The predicted molar refractivity (Wildman–Crippen MR) is 84.6 cm³/mol. The molecule has 1 N–H and O–H groups in total. The molecular formula is C17H24N2O3. The molecule has 120 valence electrons. The number of alkyl carbamates (subject to hydrolysis) is 1. The standard InChI is InChI=1S/C17H24N2O3/c1-13-3-5-14(6-4-13)7-8-16(20)19-11-9-15(10-12-19)18-17(21)22-2/h3-6,15H,7-12H2,1-2H3,(H,18,21). The van der Waals surface area contributed by atoms with Gasteiger partial charge in [-0.2, -0.15) is 0 Å². The van der Waals surface area contributed by atoms with Gasteiger partial charge in [-0.1, -0.05) is 29.8 Å². The Bertz CT molecular complexity index is 505. The largest absolute Gasteiger partial charge is 0.453 e. The van der Waals surface area contributed by atoms with Crippen LogP contribution in [0.15, 0.2) is 24.3 Å². The molecule has 1 fully saturated rings. The number of ether oxygens (including phenoxy) is 1. The summed E-state index contributed by atoms with van der Waals surface area (Å²) in [5.41, 5.74) is 2.43. The molecular weight excluding hydrogens is 280 g/mol. The van der Waals surface area contributed by atoms with E-state index in [1.54, 1.807) is 0 Å². The van der Waals surface area contributed by atoms with Gasteiger partial charge in [0.2, 0.25) is 5.91 Å². The smallest absolute Gasteiger partial charge is 0.407 e. The zero-order chi connectivity index (χ0) is 15.9. The number of nitrogens with one attached hydrogen (secondary N) is 1. The Hall–Kier alpha value is -2.04. The molecule has 2 amide bonds. The summed E-state index contributed by atoms with van der Waals surface area (Å²) in [7, 11) is 1.36. The third-order valence-electron chi connectivity index (χ3n) is 4.10. The van der Waals surface area contributed by atoms with Gasteiger partial charge < -0.3 is 15.0 Å². The second-order valence-corrected chi connectivity index (χ2v) is 5.78. The fourth-order valence-corrected chi connectivity index (χ4v) is 2.66. The van der Waals surface area contributed by atoms with E-state index in [1.807, 2.05) is 4.90 Å². The summed E-state index contributed by atoms with van der Waals surface area (Å²) in [6.45, 7) is 3.45. The first-order chi connectivity index (χ1) is 10.6. The zero-order valence-electron chi connectivity index (χ0n) is 13.3. The van der Waals surface area contributed by atoms with Crippen LogP contribution in [0.5, 0.6) is 0 Å². The van der Waals surface area contributed by atoms with E-state index in [2.05, 4.69) is 41.2 Å². The van der Waals surface area contributed by atoms with Gasteiger partial charge in [-0.3, -0.25) is 4.79 Å². The Morgan fingerprint density at radius 3 is 2.45 bits per heavy atom. The summed E-state index contributed by atoms with van der Waals surface area (Å²) in [5.74, 6) is 0.192. The molecule has 22 heavy (non-hydrogen) atoms. The monoisotopic (exact) mass is 304 g/mol. The number of carbonyl (C=O) groups is 2. The van der Waals surface area contributed by atoms with Crippen LogP contribution in [0, 0.1) is 6.92 Å². The minimum atomic E-state index is -0.399. The molecule has 1 saturated heterocycles. The van der Waals surface area contributed by atoms with E-state index in [4.69, 9.17) is 0 Å². The fourth-order valence-electron chi connectivity index (χ4n) is 2.66. The van der Waals surface area contributed by atoms with Gasteiger partial charge in [0.05, 0.1) is 7.11 Å². The molecule has 0 bridgehead atoms. The van der Waals surface area contributed by atoms with Crippen LogP contribution in [-0.2, 0) is 16.0 Å². The highest BCUT2D eigenvalue weighted by Gasteiger charge is 2.23. The average molecular weight is 304 g/mol. The van der Waals surface area contributed by atoms with Crippen molar-refractivity contribution in [2.45, 2.75) is 38.6 Å². The van der Waals surface area contributed by atoms with Crippen LogP contribution in [0.3, 0.4) is 0 Å². The van der Waals surface area contributed by atoms with Crippen molar-refractivity contribution in [3.8, 4) is 0 Å². The molecule has 0 aliphatic carbocycles. The zero-order valence-corrected chi connectivity index (χ0v) is 13.3. The molecule has 0 atom stereocenters. The van der Waals surface area contributed by atoms with Crippen LogP contribution in [0.25, 0.3) is 0 Å². The topological polar surface area (TPSA) is 58.6 Å². The highest BCUT2D eigenvalue weighted by atomic mass is 16.5. The van der Waals surface area contributed by atoms with E-state index in [1.165, 1.54) is 18.2 Å².